The van der Waals surface area contributed by atoms with E-state index in [-0.39, 0.29) is 5.91 Å². The van der Waals surface area contributed by atoms with Crippen molar-refractivity contribution in [3.63, 3.8) is 0 Å². The fourth-order valence-corrected chi connectivity index (χ4v) is 3.62. The Kier molecular flexibility index (Phi) is 4.98. The summed E-state index contributed by atoms with van der Waals surface area (Å²) >= 11 is 0. The van der Waals surface area contributed by atoms with Crippen LogP contribution in [0.2, 0.25) is 0 Å². The highest BCUT2D eigenvalue weighted by Crippen LogP contribution is 2.25. The van der Waals surface area contributed by atoms with Gasteiger partial charge < -0.3 is 14.7 Å². The number of hydrogen-bond acceptors (Lipinski definition) is 5. The number of rotatable bonds is 3. The van der Waals surface area contributed by atoms with Crippen LogP contribution < -0.4 is 9.80 Å². The number of aromatic nitrogens is 2. The van der Waals surface area contributed by atoms with Crippen molar-refractivity contribution < 1.29 is 4.79 Å². The Morgan fingerprint density at radius 3 is 2.39 bits per heavy atom. The van der Waals surface area contributed by atoms with Crippen LogP contribution in [-0.4, -0.2) is 59.8 Å². The Bertz CT molecular complexity index is 524. The summed E-state index contributed by atoms with van der Waals surface area (Å²) < 4.78 is 0. The lowest BCUT2D eigenvalue weighted by Gasteiger charge is -2.37. The number of hydrogen-bond donors (Lipinski definition) is 0. The molecular weight excluding hydrogens is 290 g/mol. The van der Waals surface area contributed by atoms with Crippen molar-refractivity contribution in [2.75, 3.05) is 42.5 Å². The lowest BCUT2D eigenvalue weighted by Crippen LogP contribution is -2.48. The van der Waals surface area contributed by atoms with E-state index in [2.05, 4.69) is 39.1 Å². The summed E-state index contributed by atoms with van der Waals surface area (Å²) in [4.78, 5) is 17.9. The monoisotopic (exact) mass is 317 g/mol. The zero-order valence-electron chi connectivity index (χ0n) is 14.2. The van der Waals surface area contributed by atoms with Crippen LogP contribution in [0.25, 0.3) is 0 Å². The van der Waals surface area contributed by atoms with Crippen LogP contribution in [0.4, 0.5) is 11.6 Å². The zero-order chi connectivity index (χ0) is 16.2. The summed E-state index contributed by atoms with van der Waals surface area (Å²) in [6.07, 6.45) is 4.98. The summed E-state index contributed by atoms with van der Waals surface area (Å²) in [5.74, 6) is 2.08. The Morgan fingerprint density at radius 2 is 1.78 bits per heavy atom. The molecule has 3 heterocycles. The normalized spacial score (nSPS) is 22.3. The molecule has 1 aromatic rings. The number of carbonyl (C=O) groups excluding carboxylic acids is 1. The topological polar surface area (TPSA) is 52.6 Å². The molecule has 3 rings (SSSR count). The SMILES string of the molecule is CCC1CCCCN1c1ccc(N2CCN(C(C)=O)CC2)nn1. The summed E-state index contributed by atoms with van der Waals surface area (Å²) in [6.45, 7) is 8.16. The van der Waals surface area contributed by atoms with Gasteiger partial charge in [-0.15, -0.1) is 10.2 Å². The molecule has 0 spiro atoms. The van der Waals surface area contributed by atoms with Crippen molar-refractivity contribution in [3.8, 4) is 0 Å². The van der Waals surface area contributed by atoms with Crippen LogP contribution >= 0.6 is 0 Å². The Labute approximate surface area is 138 Å². The average Bonchev–Trinajstić information content (AvgIpc) is 2.62. The number of piperidine rings is 1. The van der Waals surface area contributed by atoms with Crippen LogP contribution in [0, 0.1) is 0 Å². The molecule has 1 aromatic heterocycles. The first-order valence-electron chi connectivity index (χ1n) is 8.80. The maximum Gasteiger partial charge on any atom is 0.219 e. The van der Waals surface area contributed by atoms with Gasteiger partial charge in [-0.05, 0) is 37.8 Å². The molecule has 2 aliphatic heterocycles. The first kappa shape index (κ1) is 16.0. The second kappa shape index (κ2) is 7.15. The maximum atomic E-state index is 11.4. The van der Waals surface area contributed by atoms with E-state index in [4.69, 9.17) is 0 Å². The van der Waals surface area contributed by atoms with Gasteiger partial charge in [0.1, 0.15) is 0 Å². The van der Waals surface area contributed by atoms with Crippen molar-refractivity contribution in [1.29, 1.82) is 0 Å². The van der Waals surface area contributed by atoms with Gasteiger partial charge in [0, 0.05) is 45.7 Å². The van der Waals surface area contributed by atoms with Crippen molar-refractivity contribution in [2.24, 2.45) is 0 Å². The molecule has 126 valence electrons. The van der Waals surface area contributed by atoms with Gasteiger partial charge in [0.25, 0.3) is 0 Å². The molecule has 6 heteroatoms. The van der Waals surface area contributed by atoms with E-state index in [9.17, 15) is 4.79 Å². The number of carbonyl (C=O) groups is 1. The molecule has 2 fully saturated rings. The van der Waals surface area contributed by atoms with E-state index < -0.39 is 0 Å². The van der Waals surface area contributed by atoms with Gasteiger partial charge in [0.15, 0.2) is 11.6 Å². The third kappa shape index (κ3) is 3.57. The molecule has 0 radical (unpaired) electrons. The smallest absolute Gasteiger partial charge is 0.219 e. The number of anilines is 2. The van der Waals surface area contributed by atoms with E-state index >= 15 is 0 Å². The highest BCUT2D eigenvalue weighted by Gasteiger charge is 2.23. The van der Waals surface area contributed by atoms with Gasteiger partial charge in [-0.1, -0.05) is 6.92 Å². The van der Waals surface area contributed by atoms with E-state index in [0.29, 0.717) is 6.04 Å². The summed E-state index contributed by atoms with van der Waals surface area (Å²) in [7, 11) is 0. The highest BCUT2D eigenvalue weighted by molar-refractivity contribution is 5.73. The van der Waals surface area contributed by atoms with E-state index in [1.165, 1.54) is 19.3 Å². The molecule has 0 aromatic carbocycles. The molecule has 1 unspecified atom stereocenters. The van der Waals surface area contributed by atoms with E-state index in [0.717, 1.165) is 50.8 Å². The first-order chi connectivity index (χ1) is 11.2. The lowest BCUT2D eigenvalue weighted by molar-refractivity contribution is -0.129. The van der Waals surface area contributed by atoms with Gasteiger partial charge in [0.05, 0.1) is 0 Å². The van der Waals surface area contributed by atoms with Crippen molar-refractivity contribution in [1.82, 2.24) is 15.1 Å². The highest BCUT2D eigenvalue weighted by atomic mass is 16.2. The van der Waals surface area contributed by atoms with Gasteiger partial charge >= 0.3 is 0 Å². The van der Waals surface area contributed by atoms with E-state index in [1.54, 1.807) is 6.92 Å². The molecule has 23 heavy (non-hydrogen) atoms. The fourth-order valence-electron chi connectivity index (χ4n) is 3.62. The minimum Gasteiger partial charge on any atom is -0.352 e. The molecule has 0 aliphatic carbocycles. The zero-order valence-corrected chi connectivity index (χ0v) is 14.2. The van der Waals surface area contributed by atoms with Crippen LogP contribution in [0.3, 0.4) is 0 Å². The molecule has 0 saturated carbocycles. The first-order valence-corrected chi connectivity index (χ1v) is 8.80. The van der Waals surface area contributed by atoms with Gasteiger partial charge in [-0.2, -0.15) is 0 Å². The largest absolute Gasteiger partial charge is 0.352 e. The van der Waals surface area contributed by atoms with Crippen LogP contribution in [-0.2, 0) is 4.79 Å². The Morgan fingerprint density at radius 1 is 1.09 bits per heavy atom. The minimum atomic E-state index is 0.154. The van der Waals surface area contributed by atoms with Crippen LogP contribution in [0.5, 0.6) is 0 Å². The van der Waals surface area contributed by atoms with Gasteiger partial charge in [-0.25, -0.2) is 0 Å². The lowest BCUT2D eigenvalue weighted by atomic mass is 10.0. The van der Waals surface area contributed by atoms with Gasteiger partial charge in [0.2, 0.25) is 5.91 Å². The van der Waals surface area contributed by atoms with Crippen LogP contribution in [0.1, 0.15) is 39.5 Å². The molecule has 0 bridgehead atoms. The summed E-state index contributed by atoms with van der Waals surface area (Å²) in [6, 6.07) is 4.78. The minimum absolute atomic E-state index is 0.154. The second-order valence-corrected chi connectivity index (χ2v) is 6.49. The Hall–Kier alpha value is -1.85. The third-order valence-corrected chi connectivity index (χ3v) is 5.08. The number of amides is 1. The van der Waals surface area contributed by atoms with Gasteiger partial charge in [-0.3, -0.25) is 4.79 Å². The molecule has 1 atom stereocenters. The predicted octanol–water partition coefficient (Wildman–Crippen LogP) is 1.91. The molecule has 0 N–H and O–H groups in total. The molecular formula is C17H27N5O. The quantitative estimate of drug-likeness (QED) is 0.852. The van der Waals surface area contributed by atoms with Crippen molar-refractivity contribution in [3.05, 3.63) is 12.1 Å². The maximum absolute atomic E-state index is 11.4. The Balaban J connectivity index is 1.64. The fraction of sp³-hybridized carbons (Fsp3) is 0.706. The molecule has 6 nitrogen and oxygen atoms in total. The van der Waals surface area contributed by atoms with Crippen LogP contribution in [0.15, 0.2) is 12.1 Å². The summed E-state index contributed by atoms with van der Waals surface area (Å²) in [5.41, 5.74) is 0. The predicted molar refractivity (Wildman–Crippen MR) is 91.8 cm³/mol. The average molecular weight is 317 g/mol. The number of nitrogens with zero attached hydrogens (tertiary/aromatic N) is 5. The standard InChI is InChI=1S/C17H27N5O/c1-3-15-6-4-5-9-22(15)17-8-7-16(18-19-17)21-12-10-20(11-13-21)14(2)23/h7-8,15H,3-6,9-13H2,1-2H3. The summed E-state index contributed by atoms with van der Waals surface area (Å²) in [5, 5.41) is 8.93. The van der Waals surface area contributed by atoms with E-state index in [1.807, 2.05) is 4.90 Å². The molecule has 1 amide bonds. The number of piperazine rings is 1. The molecule has 2 saturated heterocycles. The third-order valence-electron chi connectivity index (χ3n) is 5.08. The molecule has 2 aliphatic rings. The van der Waals surface area contributed by atoms with Crippen molar-refractivity contribution in [2.45, 2.75) is 45.6 Å². The second-order valence-electron chi connectivity index (χ2n) is 6.49. The van der Waals surface area contributed by atoms with Crippen molar-refractivity contribution >= 4 is 17.5 Å².